The van der Waals surface area contributed by atoms with Crippen molar-refractivity contribution in [1.29, 1.82) is 0 Å². The van der Waals surface area contributed by atoms with Gasteiger partial charge in [0.05, 0.1) is 17.9 Å². The Balaban J connectivity index is 1.87. The van der Waals surface area contributed by atoms with Gasteiger partial charge >= 0.3 is 5.97 Å². The van der Waals surface area contributed by atoms with Crippen LogP contribution in [0, 0.1) is 4.77 Å². The van der Waals surface area contributed by atoms with E-state index in [9.17, 15) is 14.7 Å². The molecule has 0 saturated heterocycles. The van der Waals surface area contributed by atoms with Gasteiger partial charge in [-0.2, -0.15) is 0 Å². The third-order valence-electron chi connectivity index (χ3n) is 4.48. The molecule has 1 aliphatic rings. The Morgan fingerprint density at radius 3 is 2.61 bits per heavy atom. The zero-order valence-corrected chi connectivity index (χ0v) is 15.7. The lowest BCUT2D eigenvalue weighted by Crippen LogP contribution is -2.21. The van der Waals surface area contributed by atoms with Crippen LogP contribution in [-0.4, -0.2) is 27.2 Å². The second-order valence-electron chi connectivity index (χ2n) is 6.13. The van der Waals surface area contributed by atoms with Crippen molar-refractivity contribution in [1.82, 2.24) is 9.55 Å². The Morgan fingerprint density at radius 2 is 1.89 bits per heavy atom. The van der Waals surface area contributed by atoms with E-state index < -0.39 is 17.6 Å². The van der Waals surface area contributed by atoms with Crippen LogP contribution in [0.15, 0.2) is 53.3 Å². The van der Waals surface area contributed by atoms with Crippen molar-refractivity contribution in [2.45, 2.75) is 13.0 Å². The number of benzene rings is 2. The molecule has 1 aliphatic heterocycles. The highest BCUT2D eigenvalue weighted by Gasteiger charge is 2.36. The number of carbonyl (C=O) groups excluding carboxylic acids is 1. The summed E-state index contributed by atoms with van der Waals surface area (Å²) < 4.78 is 12.1. The summed E-state index contributed by atoms with van der Waals surface area (Å²) in [5.74, 6) is -0.262. The first-order chi connectivity index (χ1) is 13.5. The maximum Gasteiger partial charge on any atom is 0.339 e. The summed E-state index contributed by atoms with van der Waals surface area (Å²) in [4.78, 5) is 27.3. The number of carbonyl (C=O) groups is 1. The number of fused-ring (bicyclic) bond motifs is 1. The number of esters is 1. The SMILES string of the molecule is CCOc1ccc(-n2c(O)c([C@@H]3OC(=O)c4ccccc43)c(=O)[nH]c2=S)cc1. The van der Waals surface area contributed by atoms with E-state index in [1.165, 1.54) is 4.57 Å². The zero-order valence-electron chi connectivity index (χ0n) is 14.8. The van der Waals surface area contributed by atoms with E-state index >= 15 is 0 Å². The predicted octanol–water partition coefficient (Wildman–Crippen LogP) is 3.26. The van der Waals surface area contributed by atoms with Gasteiger partial charge in [-0.15, -0.1) is 0 Å². The maximum atomic E-state index is 12.6. The topological polar surface area (TPSA) is 93.6 Å². The van der Waals surface area contributed by atoms with E-state index in [1.54, 1.807) is 48.5 Å². The molecule has 4 rings (SSSR count). The highest BCUT2D eigenvalue weighted by atomic mass is 32.1. The van der Waals surface area contributed by atoms with E-state index in [0.717, 1.165) is 0 Å². The van der Waals surface area contributed by atoms with Crippen molar-refractivity contribution in [3.63, 3.8) is 0 Å². The van der Waals surface area contributed by atoms with Gasteiger partial charge in [0, 0.05) is 5.56 Å². The smallest absolute Gasteiger partial charge is 0.339 e. The van der Waals surface area contributed by atoms with Crippen LogP contribution in [0.1, 0.15) is 34.5 Å². The van der Waals surface area contributed by atoms with Crippen molar-refractivity contribution in [2.24, 2.45) is 0 Å². The number of ether oxygens (including phenoxy) is 2. The Hall–Kier alpha value is -3.39. The minimum absolute atomic E-state index is 0.0213. The third-order valence-corrected chi connectivity index (χ3v) is 4.76. The molecule has 1 atom stereocenters. The van der Waals surface area contributed by atoms with Crippen LogP contribution < -0.4 is 10.3 Å². The second-order valence-corrected chi connectivity index (χ2v) is 6.52. The first-order valence-electron chi connectivity index (χ1n) is 8.62. The molecule has 1 aromatic heterocycles. The Bertz CT molecular complexity index is 1180. The molecule has 28 heavy (non-hydrogen) atoms. The number of hydrogen-bond donors (Lipinski definition) is 2. The van der Waals surface area contributed by atoms with Gasteiger partial charge in [0.25, 0.3) is 5.56 Å². The molecule has 2 aromatic carbocycles. The number of cyclic esters (lactones) is 1. The van der Waals surface area contributed by atoms with Gasteiger partial charge in [0.2, 0.25) is 5.88 Å². The molecule has 2 heterocycles. The van der Waals surface area contributed by atoms with Gasteiger partial charge in [-0.05, 0) is 49.5 Å². The van der Waals surface area contributed by atoms with E-state index in [0.29, 0.717) is 29.2 Å². The van der Waals surface area contributed by atoms with Crippen LogP contribution in [-0.2, 0) is 4.74 Å². The molecular formula is C20H16N2O5S. The lowest BCUT2D eigenvalue weighted by Gasteiger charge is -2.17. The van der Waals surface area contributed by atoms with Crippen LogP contribution in [0.5, 0.6) is 11.6 Å². The molecule has 0 fully saturated rings. The van der Waals surface area contributed by atoms with Crippen molar-refractivity contribution < 1.29 is 19.4 Å². The zero-order chi connectivity index (χ0) is 19.8. The van der Waals surface area contributed by atoms with Crippen LogP contribution >= 0.6 is 12.2 Å². The lowest BCUT2D eigenvalue weighted by atomic mass is 10.0. The van der Waals surface area contributed by atoms with Gasteiger partial charge in [0.1, 0.15) is 11.3 Å². The van der Waals surface area contributed by atoms with Crippen LogP contribution in [0.2, 0.25) is 0 Å². The van der Waals surface area contributed by atoms with Gasteiger partial charge in [-0.3, -0.25) is 14.3 Å². The Labute approximate surface area is 164 Å². The summed E-state index contributed by atoms with van der Waals surface area (Å²) in [6, 6.07) is 13.6. The largest absolute Gasteiger partial charge is 0.494 e. The number of aromatic hydroxyl groups is 1. The summed E-state index contributed by atoms with van der Waals surface area (Å²) >= 11 is 5.24. The maximum absolute atomic E-state index is 12.6. The fraction of sp³-hybridized carbons (Fsp3) is 0.150. The fourth-order valence-corrected chi connectivity index (χ4v) is 3.52. The van der Waals surface area contributed by atoms with E-state index in [-0.39, 0.29) is 16.2 Å². The van der Waals surface area contributed by atoms with Gasteiger partial charge in [-0.1, -0.05) is 18.2 Å². The number of aromatic nitrogens is 2. The first kappa shape index (κ1) is 18.0. The highest BCUT2D eigenvalue weighted by Crippen LogP contribution is 2.38. The van der Waals surface area contributed by atoms with Gasteiger partial charge < -0.3 is 14.6 Å². The average Bonchev–Trinajstić information content (AvgIpc) is 3.00. The van der Waals surface area contributed by atoms with Crippen molar-refractivity contribution in [3.8, 4) is 17.3 Å². The van der Waals surface area contributed by atoms with Gasteiger partial charge in [-0.25, -0.2) is 4.79 Å². The summed E-state index contributed by atoms with van der Waals surface area (Å²) in [7, 11) is 0. The molecule has 142 valence electrons. The van der Waals surface area contributed by atoms with Crippen molar-refractivity contribution in [2.75, 3.05) is 6.61 Å². The standard InChI is InChI=1S/C20H16N2O5S/c1-2-26-12-9-7-11(8-10-12)22-18(24)15(17(23)21-20(22)28)16-13-5-3-4-6-14(13)19(25)27-16/h3-10,16,24H,2H2,1H3,(H,21,23,28)/t16-/m1/s1. The number of nitrogens with one attached hydrogen (secondary N) is 1. The number of hydrogen-bond acceptors (Lipinski definition) is 6. The molecule has 7 nitrogen and oxygen atoms in total. The molecule has 8 heteroatoms. The molecule has 0 unspecified atom stereocenters. The summed E-state index contributed by atoms with van der Waals surface area (Å²) in [6.07, 6.45) is -1.02. The molecule has 0 aliphatic carbocycles. The molecule has 0 bridgehead atoms. The molecule has 2 N–H and O–H groups in total. The number of nitrogens with zero attached hydrogens (tertiary/aromatic N) is 1. The molecule has 0 amide bonds. The van der Waals surface area contributed by atoms with Crippen LogP contribution in [0.25, 0.3) is 5.69 Å². The number of rotatable bonds is 4. The monoisotopic (exact) mass is 396 g/mol. The molecule has 0 radical (unpaired) electrons. The van der Waals surface area contributed by atoms with Crippen molar-refractivity contribution >= 4 is 18.2 Å². The Kier molecular flexibility index (Phi) is 4.48. The second kappa shape index (κ2) is 6.97. The highest BCUT2D eigenvalue weighted by molar-refractivity contribution is 7.71. The molecular weight excluding hydrogens is 380 g/mol. The number of H-pyrrole nitrogens is 1. The van der Waals surface area contributed by atoms with E-state index in [4.69, 9.17) is 21.7 Å². The Morgan fingerprint density at radius 1 is 1.18 bits per heavy atom. The molecule has 0 saturated carbocycles. The first-order valence-corrected chi connectivity index (χ1v) is 9.03. The third kappa shape index (κ3) is 2.87. The van der Waals surface area contributed by atoms with Crippen molar-refractivity contribution in [3.05, 3.63) is 80.3 Å². The quantitative estimate of drug-likeness (QED) is 0.519. The van der Waals surface area contributed by atoms with Crippen LogP contribution in [0.3, 0.4) is 0 Å². The molecule has 0 spiro atoms. The van der Waals surface area contributed by atoms with Gasteiger partial charge in [0.15, 0.2) is 10.9 Å². The molecule has 3 aromatic rings. The average molecular weight is 396 g/mol. The minimum Gasteiger partial charge on any atom is -0.494 e. The summed E-state index contributed by atoms with van der Waals surface area (Å²) in [5.41, 5.74) is 0.714. The summed E-state index contributed by atoms with van der Waals surface area (Å²) in [6.45, 7) is 2.41. The van der Waals surface area contributed by atoms with E-state index in [1.807, 2.05) is 6.92 Å². The van der Waals surface area contributed by atoms with E-state index in [2.05, 4.69) is 4.98 Å². The number of aromatic amines is 1. The predicted molar refractivity (Wildman–Crippen MR) is 104 cm³/mol. The minimum atomic E-state index is -1.02. The summed E-state index contributed by atoms with van der Waals surface area (Å²) in [5, 5.41) is 10.9. The fourth-order valence-electron chi connectivity index (χ4n) is 3.23. The lowest BCUT2D eigenvalue weighted by molar-refractivity contribution is 0.0449. The van der Waals surface area contributed by atoms with Crippen LogP contribution in [0.4, 0.5) is 0 Å². The normalized spacial score (nSPS) is 15.2.